The van der Waals surface area contributed by atoms with Crippen LogP contribution < -0.4 is 10.6 Å². The number of rotatable bonds is 11. The van der Waals surface area contributed by atoms with Crippen LogP contribution in [0.25, 0.3) is 0 Å². The molecule has 1 unspecified atom stereocenters. The van der Waals surface area contributed by atoms with Crippen molar-refractivity contribution in [3.8, 4) is 0 Å². The Morgan fingerprint density at radius 2 is 1.71 bits per heavy atom. The smallest absolute Gasteiger partial charge is 0.251 e. The molecule has 0 aliphatic heterocycles. The van der Waals surface area contributed by atoms with E-state index in [1.165, 1.54) is 6.92 Å². The fraction of sp³-hybridized carbons (Fsp3) is 0.762. The molecule has 0 aliphatic carbocycles. The minimum Gasteiger partial charge on any atom is -0.354 e. The zero-order chi connectivity index (χ0) is 22.1. The van der Waals surface area contributed by atoms with E-state index in [-0.39, 0.29) is 29.9 Å². The zero-order valence-corrected chi connectivity index (χ0v) is 18.6. The van der Waals surface area contributed by atoms with Crippen molar-refractivity contribution >= 4 is 17.7 Å². The third-order valence-electron chi connectivity index (χ3n) is 4.39. The highest BCUT2D eigenvalue weighted by Crippen LogP contribution is 2.23. The number of hydroxylamine groups is 2. The normalized spacial score (nSPS) is 13.6. The third kappa shape index (κ3) is 9.35. The summed E-state index contributed by atoms with van der Waals surface area (Å²) in [5.41, 5.74) is -0.296. The van der Waals surface area contributed by atoms with Crippen LogP contribution in [0.5, 0.6) is 0 Å². The molecule has 28 heavy (non-hydrogen) atoms. The second-order valence-electron chi connectivity index (χ2n) is 8.92. The molecule has 0 saturated heterocycles. The van der Waals surface area contributed by atoms with Gasteiger partial charge in [-0.2, -0.15) is 5.06 Å². The number of amides is 3. The summed E-state index contributed by atoms with van der Waals surface area (Å²) in [4.78, 5) is 37.8. The summed E-state index contributed by atoms with van der Waals surface area (Å²) in [5, 5.41) is 15.9. The van der Waals surface area contributed by atoms with Gasteiger partial charge in [-0.15, -0.1) is 0 Å². The molecule has 0 bridgehead atoms. The molecule has 7 heteroatoms. The largest absolute Gasteiger partial charge is 0.354 e. The third-order valence-corrected chi connectivity index (χ3v) is 4.39. The van der Waals surface area contributed by atoms with E-state index < -0.39 is 23.3 Å². The molecule has 0 spiro atoms. The van der Waals surface area contributed by atoms with Crippen LogP contribution >= 0.6 is 0 Å². The Hall–Kier alpha value is -1.89. The molecule has 0 aromatic rings. The average molecular weight is 398 g/mol. The minimum absolute atomic E-state index is 0.151. The summed E-state index contributed by atoms with van der Waals surface area (Å²) >= 11 is 0. The SMILES string of the molecule is C=C(C)N(O)C(=O)C[C@@H](CC(C)C)C(=O)NC(C(=O)NCCCC)C(C)(C)C. The minimum atomic E-state index is -0.715. The summed E-state index contributed by atoms with van der Waals surface area (Å²) in [6.07, 6.45) is 2.15. The molecular weight excluding hydrogens is 358 g/mol. The lowest BCUT2D eigenvalue weighted by atomic mass is 9.85. The first-order valence-electron chi connectivity index (χ1n) is 10.1. The van der Waals surface area contributed by atoms with Gasteiger partial charge in [0.15, 0.2) is 0 Å². The van der Waals surface area contributed by atoms with Gasteiger partial charge in [-0.1, -0.05) is 54.5 Å². The first kappa shape index (κ1) is 26.1. The summed E-state index contributed by atoms with van der Waals surface area (Å²) in [5.74, 6) is -1.65. The number of nitrogens with zero attached hydrogens (tertiary/aromatic N) is 1. The van der Waals surface area contributed by atoms with Gasteiger partial charge in [0.25, 0.3) is 5.91 Å². The van der Waals surface area contributed by atoms with Gasteiger partial charge in [-0.3, -0.25) is 19.6 Å². The second kappa shape index (κ2) is 11.8. The van der Waals surface area contributed by atoms with E-state index in [1.54, 1.807) is 0 Å². The van der Waals surface area contributed by atoms with Crippen molar-refractivity contribution in [1.82, 2.24) is 15.7 Å². The Labute approximate surface area is 169 Å². The van der Waals surface area contributed by atoms with Crippen LogP contribution in [0.3, 0.4) is 0 Å². The van der Waals surface area contributed by atoms with E-state index in [2.05, 4.69) is 17.2 Å². The molecule has 0 radical (unpaired) electrons. The topological polar surface area (TPSA) is 98.7 Å². The number of carbonyl (C=O) groups excluding carboxylic acids is 3. The van der Waals surface area contributed by atoms with Crippen LogP contribution in [0.1, 0.15) is 74.1 Å². The zero-order valence-electron chi connectivity index (χ0n) is 18.6. The number of nitrogens with one attached hydrogen (secondary N) is 2. The van der Waals surface area contributed by atoms with Crippen molar-refractivity contribution < 1.29 is 19.6 Å². The molecule has 0 fully saturated rings. The predicted molar refractivity (Wildman–Crippen MR) is 110 cm³/mol. The van der Waals surface area contributed by atoms with Crippen molar-refractivity contribution in [1.29, 1.82) is 0 Å². The van der Waals surface area contributed by atoms with Crippen LogP contribution in [0.4, 0.5) is 0 Å². The van der Waals surface area contributed by atoms with Gasteiger partial charge in [0.05, 0.1) is 0 Å². The Morgan fingerprint density at radius 1 is 1.14 bits per heavy atom. The van der Waals surface area contributed by atoms with Gasteiger partial charge in [-0.25, -0.2) is 0 Å². The number of carbonyl (C=O) groups is 3. The second-order valence-corrected chi connectivity index (χ2v) is 8.92. The Balaban J connectivity index is 5.32. The molecule has 2 atom stereocenters. The average Bonchev–Trinajstić information content (AvgIpc) is 2.56. The van der Waals surface area contributed by atoms with Crippen molar-refractivity contribution in [2.45, 2.75) is 80.2 Å². The van der Waals surface area contributed by atoms with Crippen LogP contribution in [0, 0.1) is 17.3 Å². The lowest BCUT2D eigenvalue weighted by Crippen LogP contribution is -2.55. The summed E-state index contributed by atoms with van der Waals surface area (Å²) < 4.78 is 0. The van der Waals surface area contributed by atoms with Gasteiger partial charge in [0.1, 0.15) is 6.04 Å². The van der Waals surface area contributed by atoms with Crippen LogP contribution in [0.2, 0.25) is 0 Å². The van der Waals surface area contributed by atoms with Crippen molar-refractivity contribution in [2.24, 2.45) is 17.3 Å². The molecule has 3 N–H and O–H groups in total. The van der Waals surface area contributed by atoms with E-state index in [4.69, 9.17) is 0 Å². The number of unbranched alkanes of at least 4 members (excludes halogenated alkanes) is 1. The molecule has 0 rings (SSSR count). The van der Waals surface area contributed by atoms with Crippen LogP contribution in [0.15, 0.2) is 12.3 Å². The van der Waals surface area contributed by atoms with E-state index in [0.29, 0.717) is 18.0 Å². The van der Waals surface area contributed by atoms with Gasteiger partial charge < -0.3 is 10.6 Å². The Bertz CT molecular complexity index is 552. The van der Waals surface area contributed by atoms with E-state index in [0.717, 1.165) is 12.8 Å². The van der Waals surface area contributed by atoms with E-state index in [9.17, 15) is 19.6 Å². The summed E-state index contributed by atoms with van der Waals surface area (Å²) in [6.45, 7) is 17.2. The van der Waals surface area contributed by atoms with E-state index >= 15 is 0 Å². The van der Waals surface area contributed by atoms with Gasteiger partial charge in [0, 0.05) is 24.6 Å². The molecule has 0 heterocycles. The van der Waals surface area contributed by atoms with Gasteiger partial charge in [0.2, 0.25) is 11.8 Å². The molecule has 0 aromatic heterocycles. The van der Waals surface area contributed by atoms with E-state index in [1.807, 2.05) is 41.5 Å². The number of hydrogen-bond acceptors (Lipinski definition) is 4. The van der Waals surface area contributed by atoms with Crippen molar-refractivity contribution in [2.75, 3.05) is 6.54 Å². The molecule has 7 nitrogen and oxygen atoms in total. The lowest BCUT2D eigenvalue weighted by Gasteiger charge is -2.32. The summed E-state index contributed by atoms with van der Waals surface area (Å²) in [6, 6.07) is -0.715. The fourth-order valence-corrected chi connectivity index (χ4v) is 2.79. The maximum atomic E-state index is 12.9. The molecule has 0 aliphatic rings. The standard InChI is InChI=1S/C21H39N3O4/c1-9-10-11-22-20(27)18(21(6,7)8)23-19(26)16(12-14(2)3)13-17(25)24(28)15(4)5/h14,16,18,28H,4,9-13H2,1-3,5-8H3,(H,22,27)(H,23,26)/t16-,18?/m1/s1. The highest BCUT2D eigenvalue weighted by Gasteiger charge is 2.35. The van der Waals surface area contributed by atoms with Gasteiger partial charge >= 0.3 is 0 Å². The Kier molecular flexibility index (Phi) is 11.0. The molecule has 3 amide bonds. The highest BCUT2D eigenvalue weighted by molar-refractivity contribution is 5.91. The lowest BCUT2D eigenvalue weighted by molar-refractivity contribution is -0.159. The molecule has 0 saturated carbocycles. The fourth-order valence-electron chi connectivity index (χ4n) is 2.79. The maximum absolute atomic E-state index is 12.9. The first-order valence-corrected chi connectivity index (χ1v) is 10.1. The number of allylic oxidation sites excluding steroid dienone is 1. The predicted octanol–water partition coefficient (Wildman–Crippen LogP) is 3.24. The van der Waals surface area contributed by atoms with Crippen LogP contribution in [-0.4, -0.2) is 40.6 Å². The molecule has 0 aromatic carbocycles. The molecule has 162 valence electrons. The quantitative estimate of drug-likeness (QED) is 0.283. The number of hydrogen-bond donors (Lipinski definition) is 3. The van der Waals surface area contributed by atoms with Crippen LogP contribution in [-0.2, 0) is 14.4 Å². The molecular formula is C21H39N3O4. The monoisotopic (exact) mass is 397 g/mol. The Morgan fingerprint density at radius 3 is 2.14 bits per heavy atom. The van der Waals surface area contributed by atoms with Crippen molar-refractivity contribution in [3.05, 3.63) is 12.3 Å². The highest BCUT2D eigenvalue weighted by atomic mass is 16.5. The first-order chi connectivity index (χ1) is 12.8. The summed E-state index contributed by atoms with van der Waals surface area (Å²) in [7, 11) is 0. The maximum Gasteiger partial charge on any atom is 0.251 e. The van der Waals surface area contributed by atoms with Gasteiger partial charge in [-0.05, 0) is 31.1 Å². The van der Waals surface area contributed by atoms with Crippen molar-refractivity contribution in [3.63, 3.8) is 0 Å².